The van der Waals surface area contributed by atoms with Gasteiger partial charge in [-0.25, -0.2) is 4.98 Å². The van der Waals surface area contributed by atoms with Gasteiger partial charge in [-0.2, -0.15) is 13.2 Å². The Labute approximate surface area is 71.0 Å². The number of halogens is 3. The van der Waals surface area contributed by atoms with Crippen LogP contribution >= 0.6 is 0 Å². The summed E-state index contributed by atoms with van der Waals surface area (Å²) in [7, 11) is 0. The van der Waals surface area contributed by atoms with E-state index < -0.39 is 12.1 Å². The van der Waals surface area contributed by atoms with Crippen molar-refractivity contribution in [1.29, 1.82) is 0 Å². The van der Waals surface area contributed by atoms with Crippen molar-refractivity contribution in [3.8, 4) is 0 Å². The minimum atomic E-state index is -4.51. The minimum Gasteiger partial charge on any atom is -0.433 e. The number of nitrogens with zero attached hydrogens (tertiary/aromatic N) is 1. The summed E-state index contributed by atoms with van der Waals surface area (Å²) in [4.78, 5) is 3.29. The maximum atomic E-state index is 12.1. The van der Waals surface area contributed by atoms with E-state index in [0.717, 1.165) is 0 Å². The fourth-order valence-electron chi connectivity index (χ4n) is 0.993. The normalized spacial score (nSPS) is 12.2. The molecule has 5 heteroatoms. The lowest BCUT2D eigenvalue weighted by atomic mass is 10.3. The molecule has 0 unspecified atom stereocenters. The average molecular weight is 187 g/mol. The highest BCUT2D eigenvalue weighted by molar-refractivity contribution is 5.72. The van der Waals surface area contributed by atoms with Gasteiger partial charge in [0.1, 0.15) is 5.52 Å². The molecule has 13 heavy (non-hydrogen) atoms. The maximum Gasteiger partial charge on any atom is 0.468 e. The van der Waals surface area contributed by atoms with Crippen molar-refractivity contribution in [3.05, 3.63) is 30.2 Å². The van der Waals surface area contributed by atoms with Gasteiger partial charge in [0, 0.05) is 0 Å². The van der Waals surface area contributed by atoms with Crippen LogP contribution in [0, 0.1) is 0 Å². The van der Waals surface area contributed by atoms with E-state index in [-0.39, 0.29) is 11.1 Å². The number of aromatic nitrogens is 1. The number of oxazole rings is 1. The molecule has 0 saturated heterocycles. The largest absolute Gasteiger partial charge is 0.468 e. The zero-order valence-electron chi connectivity index (χ0n) is 6.30. The van der Waals surface area contributed by atoms with E-state index in [2.05, 4.69) is 9.40 Å². The Morgan fingerprint density at radius 3 is 2.46 bits per heavy atom. The van der Waals surface area contributed by atoms with Crippen molar-refractivity contribution in [2.75, 3.05) is 0 Å². The van der Waals surface area contributed by atoms with Crippen molar-refractivity contribution in [2.24, 2.45) is 0 Å². The van der Waals surface area contributed by atoms with Gasteiger partial charge in [0.2, 0.25) is 0 Å². The first-order valence-corrected chi connectivity index (χ1v) is 3.50. The van der Waals surface area contributed by atoms with Crippen LogP contribution in [-0.4, -0.2) is 4.98 Å². The Morgan fingerprint density at radius 1 is 1.15 bits per heavy atom. The molecule has 2 nitrogen and oxygen atoms in total. The highest BCUT2D eigenvalue weighted by Crippen LogP contribution is 2.30. The van der Waals surface area contributed by atoms with E-state index in [0.29, 0.717) is 0 Å². The predicted molar refractivity (Wildman–Crippen MR) is 39.0 cm³/mol. The molecule has 0 aliphatic carbocycles. The Morgan fingerprint density at radius 2 is 1.85 bits per heavy atom. The summed E-state index contributed by atoms with van der Waals surface area (Å²) in [5.74, 6) is -1.20. The van der Waals surface area contributed by atoms with Crippen molar-refractivity contribution in [2.45, 2.75) is 6.18 Å². The smallest absolute Gasteiger partial charge is 0.433 e. The van der Waals surface area contributed by atoms with Crippen LogP contribution < -0.4 is 0 Å². The third-order valence-electron chi connectivity index (χ3n) is 1.54. The zero-order chi connectivity index (χ0) is 9.47. The van der Waals surface area contributed by atoms with Gasteiger partial charge in [0.25, 0.3) is 0 Å². The number of fused-ring (bicyclic) bond motifs is 1. The summed E-state index contributed by atoms with van der Waals surface area (Å²) < 4.78 is 40.7. The molecule has 68 valence electrons. The van der Waals surface area contributed by atoms with E-state index in [1.165, 1.54) is 12.1 Å². The number of alkyl halides is 3. The first-order chi connectivity index (χ1) is 6.07. The highest BCUT2D eigenvalue weighted by atomic mass is 19.4. The Balaban J connectivity index is 2.63. The number of benzene rings is 1. The summed E-state index contributed by atoms with van der Waals surface area (Å²) in [5.41, 5.74) is 0.365. The second-order valence-corrected chi connectivity index (χ2v) is 2.48. The van der Waals surface area contributed by atoms with Crippen LogP contribution in [0.25, 0.3) is 11.1 Å². The van der Waals surface area contributed by atoms with Gasteiger partial charge < -0.3 is 4.42 Å². The standard InChI is InChI=1S/C8H4F3NO/c9-8(10,11)7-12-5-3-1-2-4-6(5)13-7/h1-4H. The van der Waals surface area contributed by atoms with Crippen LogP contribution in [0.4, 0.5) is 13.2 Å². The maximum absolute atomic E-state index is 12.1. The third-order valence-corrected chi connectivity index (χ3v) is 1.54. The Hall–Kier alpha value is -1.52. The Kier molecular flexibility index (Phi) is 1.55. The number of hydrogen-bond donors (Lipinski definition) is 0. The topological polar surface area (TPSA) is 26.0 Å². The lowest BCUT2D eigenvalue weighted by molar-refractivity contribution is -0.156. The van der Waals surface area contributed by atoms with E-state index >= 15 is 0 Å². The van der Waals surface area contributed by atoms with E-state index in [4.69, 9.17) is 0 Å². The molecule has 0 spiro atoms. The van der Waals surface area contributed by atoms with Crippen LogP contribution in [-0.2, 0) is 6.18 Å². The second kappa shape index (κ2) is 2.48. The van der Waals surface area contributed by atoms with Gasteiger partial charge >= 0.3 is 12.1 Å². The van der Waals surface area contributed by atoms with Gasteiger partial charge in [-0.1, -0.05) is 12.1 Å². The zero-order valence-corrected chi connectivity index (χ0v) is 6.30. The van der Waals surface area contributed by atoms with Crippen LogP contribution in [0.5, 0.6) is 0 Å². The van der Waals surface area contributed by atoms with E-state index in [9.17, 15) is 13.2 Å². The summed E-state index contributed by atoms with van der Waals surface area (Å²) >= 11 is 0. The molecule has 0 aliphatic rings. The lowest BCUT2D eigenvalue weighted by Crippen LogP contribution is -2.04. The van der Waals surface area contributed by atoms with Gasteiger partial charge in [0.05, 0.1) is 0 Å². The molecule has 2 aromatic rings. The van der Waals surface area contributed by atoms with Crippen molar-refractivity contribution in [1.82, 2.24) is 4.98 Å². The molecule has 1 heterocycles. The SMILES string of the molecule is FC(F)(F)c1nc2ccccc2o1. The first-order valence-electron chi connectivity index (χ1n) is 3.50. The van der Waals surface area contributed by atoms with Crippen LogP contribution in [0.3, 0.4) is 0 Å². The molecule has 0 radical (unpaired) electrons. The predicted octanol–water partition coefficient (Wildman–Crippen LogP) is 2.85. The molecule has 0 aliphatic heterocycles. The van der Waals surface area contributed by atoms with Crippen LogP contribution in [0.1, 0.15) is 5.89 Å². The van der Waals surface area contributed by atoms with E-state index in [1.807, 2.05) is 0 Å². The minimum absolute atomic E-state index is 0.148. The Bertz CT molecular complexity index is 399. The van der Waals surface area contributed by atoms with Crippen molar-refractivity contribution >= 4 is 11.1 Å². The molecule has 0 atom stereocenters. The molecule has 0 fully saturated rings. The summed E-state index contributed by atoms with van der Waals surface area (Å²) in [6, 6.07) is 6.10. The van der Waals surface area contributed by atoms with Crippen molar-refractivity contribution < 1.29 is 17.6 Å². The monoisotopic (exact) mass is 187 g/mol. The fourth-order valence-corrected chi connectivity index (χ4v) is 0.993. The molecule has 0 amide bonds. The fraction of sp³-hybridized carbons (Fsp3) is 0.125. The molecule has 1 aromatic carbocycles. The van der Waals surface area contributed by atoms with Crippen LogP contribution in [0.15, 0.2) is 28.7 Å². The van der Waals surface area contributed by atoms with Gasteiger partial charge in [-0.3, -0.25) is 0 Å². The first kappa shape index (κ1) is 8.10. The second-order valence-electron chi connectivity index (χ2n) is 2.48. The third kappa shape index (κ3) is 1.37. The van der Waals surface area contributed by atoms with Gasteiger partial charge in [0.15, 0.2) is 5.58 Å². The summed E-state index contributed by atoms with van der Waals surface area (Å²) in [5, 5.41) is 0. The van der Waals surface area contributed by atoms with Gasteiger partial charge in [-0.15, -0.1) is 0 Å². The average Bonchev–Trinajstić information content (AvgIpc) is 2.45. The number of para-hydroxylation sites is 2. The molecule has 2 rings (SSSR count). The van der Waals surface area contributed by atoms with Crippen molar-refractivity contribution in [3.63, 3.8) is 0 Å². The molecule has 0 N–H and O–H groups in total. The van der Waals surface area contributed by atoms with Crippen LogP contribution in [0.2, 0.25) is 0 Å². The number of hydrogen-bond acceptors (Lipinski definition) is 2. The number of rotatable bonds is 0. The lowest BCUT2D eigenvalue weighted by Gasteiger charge is -1.96. The molecule has 0 bridgehead atoms. The molecule has 1 aromatic heterocycles. The summed E-state index contributed by atoms with van der Waals surface area (Å²) in [6.07, 6.45) is -4.51. The quantitative estimate of drug-likeness (QED) is 0.633. The molecular formula is C8H4F3NO. The van der Waals surface area contributed by atoms with E-state index in [1.54, 1.807) is 12.1 Å². The van der Waals surface area contributed by atoms with Gasteiger partial charge in [-0.05, 0) is 12.1 Å². The molecule has 0 saturated carbocycles. The molecular weight excluding hydrogens is 183 g/mol. The highest BCUT2D eigenvalue weighted by Gasteiger charge is 2.37. The summed E-state index contributed by atoms with van der Waals surface area (Å²) in [6.45, 7) is 0.